The molecule has 3 heterocycles. The minimum Gasteiger partial charge on any atom is -0.378 e. The van der Waals surface area contributed by atoms with Gasteiger partial charge in [0.05, 0.1) is 25.1 Å². The summed E-state index contributed by atoms with van der Waals surface area (Å²) >= 11 is 6.20. The van der Waals surface area contributed by atoms with E-state index < -0.39 is 0 Å². The zero-order valence-electron chi connectivity index (χ0n) is 10.7. The van der Waals surface area contributed by atoms with Crippen molar-refractivity contribution in [2.45, 2.75) is 0 Å². The van der Waals surface area contributed by atoms with E-state index in [-0.39, 0.29) is 0 Å². The van der Waals surface area contributed by atoms with Gasteiger partial charge in [-0.15, -0.1) is 0 Å². The highest BCUT2D eigenvalue weighted by atomic mass is 35.5. The fourth-order valence-corrected chi connectivity index (χ4v) is 2.34. The van der Waals surface area contributed by atoms with Gasteiger partial charge in [-0.05, 0) is 12.1 Å². The maximum Gasteiger partial charge on any atom is 0.130 e. The first-order valence-corrected chi connectivity index (χ1v) is 6.59. The fraction of sp³-hybridized carbons (Fsp3) is 0.385. The average molecular weight is 279 g/mol. The van der Waals surface area contributed by atoms with E-state index in [1.54, 1.807) is 10.9 Å². The molecule has 0 atom stereocenters. The Labute approximate surface area is 116 Å². The number of aryl methyl sites for hydroxylation is 1. The minimum atomic E-state index is 0.690. The van der Waals surface area contributed by atoms with Crippen molar-refractivity contribution in [3.05, 3.63) is 29.5 Å². The zero-order valence-corrected chi connectivity index (χ0v) is 11.5. The van der Waals surface area contributed by atoms with E-state index in [9.17, 15) is 0 Å². The van der Waals surface area contributed by atoms with E-state index in [0.29, 0.717) is 5.02 Å². The van der Waals surface area contributed by atoms with Crippen LogP contribution in [-0.4, -0.2) is 41.1 Å². The molecule has 1 aliphatic rings. The van der Waals surface area contributed by atoms with Crippen LogP contribution in [0.1, 0.15) is 0 Å². The van der Waals surface area contributed by atoms with Crippen molar-refractivity contribution >= 4 is 17.4 Å². The first-order valence-electron chi connectivity index (χ1n) is 6.22. The molecule has 1 saturated heterocycles. The second-order valence-electron chi connectivity index (χ2n) is 4.53. The van der Waals surface area contributed by atoms with E-state index in [2.05, 4.69) is 15.0 Å². The van der Waals surface area contributed by atoms with Gasteiger partial charge in [0.2, 0.25) is 0 Å². The molecule has 1 fully saturated rings. The monoisotopic (exact) mass is 278 g/mol. The molecule has 0 spiro atoms. The summed E-state index contributed by atoms with van der Waals surface area (Å²) < 4.78 is 7.11. The third kappa shape index (κ3) is 2.72. The van der Waals surface area contributed by atoms with Gasteiger partial charge in [0.1, 0.15) is 5.82 Å². The predicted molar refractivity (Wildman–Crippen MR) is 74.5 cm³/mol. The second kappa shape index (κ2) is 5.19. The number of nitrogens with zero attached hydrogens (tertiary/aromatic N) is 4. The summed E-state index contributed by atoms with van der Waals surface area (Å²) in [5, 5.41) is 4.85. The minimum absolute atomic E-state index is 0.690. The lowest BCUT2D eigenvalue weighted by Crippen LogP contribution is -2.36. The smallest absolute Gasteiger partial charge is 0.130 e. The van der Waals surface area contributed by atoms with Crippen LogP contribution in [0.5, 0.6) is 0 Å². The third-order valence-corrected chi connectivity index (χ3v) is 3.33. The number of morpholine rings is 1. The maximum absolute atomic E-state index is 6.20. The number of ether oxygens (including phenoxy) is 1. The molecule has 0 saturated carbocycles. The molecule has 5 nitrogen and oxygen atoms in total. The molecule has 0 radical (unpaired) electrons. The molecule has 6 heteroatoms. The highest BCUT2D eigenvalue weighted by Gasteiger charge is 2.14. The molecule has 0 amide bonds. The molecular formula is C13H15ClN4O. The normalized spacial score (nSPS) is 15.8. The summed E-state index contributed by atoms with van der Waals surface area (Å²) in [6.07, 6.45) is 3.73. The van der Waals surface area contributed by atoms with Gasteiger partial charge in [0.25, 0.3) is 0 Å². The fourth-order valence-electron chi connectivity index (χ4n) is 2.14. The molecule has 19 heavy (non-hydrogen) atoms. The average Bonchev–Trinajstić information content (AvgIpc) is 2.86. The summed E-state index contributed by atoms with van der Waals surface area (Å²) in [6.45, 7) is 3.16. The van der Waals surface area contributed by atoms with E-state index in [0.717, 1.165) is 43.4 Å². The standard InChI is InChI=1S/C13H15ClN4O/c1-17-9-10(8-15-17)12-6-11(14)7-13(16-12)18-2-4-19-5-3-18/h6-9H,2-5H2,1H3. The van der Waals surface area contributed by atoms with Crippen molar-refractivity contribution in [2.24, 2.45) is 7.05 Å². The number of rotatable bonds is 2. The summed E-state index contributed by atoms with van der Waals surface area (Å²) in [4.78, 5) is 6.86. The van der Waals surface area contributed by atoms with Gasteiger partial charge >= 0.3 is 0 Å². The highest BCUT2D eigenvalue weighted by Crippen LogP contribution is 2.25. The Morgan fingerprint density at radius 2 is 2.05 bits per heavy atom. The largest absolute Gasteiger partial charge is 0.378 e. The van der Waals surface area contributed by atoms with E-state index in [1.807, 2.05) is 25.4 Å². The lowest BCUT2D eigenvalue weighted by molar-refractivity contribution is 0.122. The summed E-state index contributed by atoms with van der Waals surface area (Å²) in [5.41, 5.74) is 1.82. The van der Waals surface area contributed by atoms with Crippen molar-refractivity contribution < 1.29 is 4.74 Å². The number of halogens is 1. The van der Waals surface area contributed by atoms with Gasteiger partial charge in [0, 0.05) is 36.9 Å². The summed E-state index contributed by atoms with van der Waals surface area (Å²) in [7, 11) is 1.89. The molecule has 0 N–H and O–H groups in total. The molecule has 0 bridgehead atoms. The quantitative estimate of drug-likeness (QED) is 0.842. The Morgan fingerprint density at radius 3 is 2.74 bits per heavy atom. The lowest BCUT2D eigenvalue weighted by Gasteiger charge is -2.28. The molecule has 1 aliphatic heterocycles. The number of anilines is 1. The van der Waals surface area contributed by atoms with E-state index in [4.69, 9.17) is 16.3 Å². The predicted octanol–water partition coefficient (Wildman–Crippen LogP) is 1.97. The van der Waals surface area contributed by atoms with Crippen LogP contribution in [0.15, 0.2) is 24.5 Å². The Hall–Kier alpha value is -1.59. The van der Waals surface area contributed by atoms with Gasteiger partial charge in [-0.1, -0.05) is 11.6 Å². The number of hydrogen-bond donors (Lipinski definition) is 0. The van der Waals surface area contributed by atoms with Crippen LogP contribution in [0, 0.1) is 0 Å². The Balaban J connectivity index is 1.95. The molecule has 0 aromatic carbocycles. The molecular weight excluding hydrogens is 264 g/mol. The van der Waals surface area contributed by atoms with Crippen LogP contribution in [0.3, 0.4) is 0 Å². The first kappa shape index (κ1) is 12.4. The first-order chi connectivity index (χ1) is 9.22. The van der Waals surface area contributed by atoms with E-state index >= 15 is 0 Å². The summed E-state index contributed by atoms with van der Waals surface area (Å²) in [5.74, 6) is 0.898. The SMILES string of the molecule is Cn1cc(-c2cc(Cl)cc(N3CCOCC3)n2)cn1. The van der Waals surface area contributed by atoms with E-state index in [1.165, 1.54) is 0 Å². The summed E-state index contributed by atoms with van der Waals surface area (Å²) in [6, 6.07) is 3.76. The number of hydrogen-bond acceptors (Lipinski definition) is 4. The van der Waals surface area contributed by atoms with Crippen LogP contribution >= 0.6 is 11.6 Å². The van der Waals surface area contributed by atoms with Crippen molar-refractivity contribution in [1.82, 2.24) is 14.8 Å². The number of aromatic nitrogens is 3. The molecule has 2 aromatic heterocycles. The van der Waals surface area contributed by atoms with Gasteiger partial charge in [0.15, 0.2) is 0 Å². The van der Waals surface area contributed by atoms with Gasteiger partial charge in [-0.25, -0.2) is 4.98 Å². The Bertz CT molecular complexity index is 578. The lowest BCUT2D eigenvalue weighted by atomic mass is 10.2. The van der Waals surface area contributed by atoms with Crippen LogP contribution in [0.4, 0.5) is 5.82 Å². The Morgan fingerprint density at radius 1 is 1.26 bits per heavy atom. The van der Waals surface area contributed by atoms with Crippen molar-refractivity contribution in [2.75, 3.05) is 31.2 Å². The topological polar surface area (TPSA) is 43.2 Å². The molecule has 0 aliphatic carbocycles. The van der Waals surface area contributed by atoms with Crippen LogP contribution in [0.2, 0.25) is 5.02 Å². The van der Waals surface area contributed by atoms with Crippen molar-refractivity contribution in [1.29, 1.82) is 0 Å². The highest BCUT2D eigenvalue weighted by molar-refractivity contribution is 6.31. The molecule has 3 rings (SSSR count). The third-order valence-electron chi connectivity index (χ3n) is 3.11. The van der Waals surface area contributed by atoms with Crippen LogP contribution in [-0.2, 0) is 11.8 Å². The van der Waals surface area contributed by atoms with Crippen molar-refractivity contribution in [3.63, 3.8) is 0 Å². The molecule has 2 aromatic rings. The van der Waals surface area contributed by atoms with Crippen LogP contribution in [0.25, 0.3) is 11.3 Å². The van der Waals surface area contributed by atoms with Gasteiger partial charge < -0.3 is 9.64 Å². The molecule has 100 valence electrons. The zero-order chi connectivity index (χ0) is 13.2. The second-order valence-corrected chi connectivity index (χ2v) is 4.97. The number of pyridine rings is 1. The Kier molecular flexibility index (Phi) is 3.40. The van der Waals surface area contributed by atoms with Crippen molar-refractivity contribution in [3.8, 4) is 11.3 Å². The van der Waals surface area contributed by atoms with Crippen LogP contribution < -0.4 is 4.90 Å². The molecule has 0 unspecified atom stereocenters. The van der Waals surface area contributed by atoms with Gasteiger partial charge in [-0.2, -0.15) is 5.10 Å². The maximum atomic E-state index is 6.20. The van der Waals surface area contributed by atoms with Gasteiger partial charge in [-0.3, -0.25) is 4.68 Å².